The Kier molecular flexibility index (Phi) is 3.88. The van der Waals surface area contributed by atoms with Crippen molar-refractivity contribution < 1.29 is 23.9 Å². The van der Waals surface area contributed by atoms with E-state index in [1.54, 1.807) is 0 Å². The summed E-state index contributed by atoms with van der Waals surface area (Å²) < 4.78 is 11.4. The van der Waals surface area contributed by atoms with E-state index in [4.69, 9.17) is 21.6 Å². The van der Waals surface area contributed by atoms with E-state index in [0.29, 0.717) is 0 Å². The van der Waals surface area contributed by atoms with Crippen LogP contribution < -0.4 is 0 Å². The minimum Gasteiger partial charge on any atom is -0.324 e. The fourth-order valence-corrected chi connectivity index (χ4v) is 2.20. The van der Waals surface area contributed by atoms with Crippen LogP contribution in [0, 0.1) is 0 Å². The first-order valence-electron chi connectivity index (χ1n) is 4.94. The van der Waals surface area contributed by atoms with Crippen LogP contribution in [0.15, 0.2) is 0 Å². The fourth-order valence-electron chi connectivity index (χ4n) is 1.48. The fraction of sp³-hybridized carbons (Fsp3) is 0.750. The molecular formula is C8H14ClN2O5P. The third-order valence-electron chi connectivity index (χ3n) is 2.49. The Hall–Kier alpha value is -0.620. The highest BCUT2D eigenvalue weighted by Gasteiger charge is 2.50. The highest BCUT2D eigenvalue weighted by Crippen LogP contribution is 2.35. The van der Waals surface area contributed by atoms with Gasteiger partial charge in [-0.25, -0.2) is 9.21 Å². The predicted molar refractivity (Wildman–Crippen MR) is 60.4 cm³/mol. The Morgan fingerprint density at radius 1 is 1.35 bits per heavy atom. The van der Waals surface area contributed by atoms with Crippen molar-refractivity contribution in [3.63, 3.8) is 0 Å². The van der Waals surface area contributed by atoms with E-state index in [2.05, 4.69) is 0 Å². The van der Waals surface area contributed by atoms with E-state index < -0.39 is 25.1 Å². The van der Waals surface area contributed by atoms with Gasteiger partial charge in [0.25, 0.3) is 5.91 Å². The molecule has 1 rings (SSSR count). The molecule has 1 aliphatic rings. The molecule has 0 radical (unpaired) electrons. The number of imide groups is 1. The second kappa shape index (κ2) is 4.57. The summed E-state index contributed by atoms with van der Waals surface area (Å²) in [5.41, 5.74) is -1.12. The van der Waals surface area contributed by atoms with Gasteiger partial charge in [0.1, 0.15) is 5.54 Å². The topological polar surface area (TPSA) is 98.1 Å². The van der Waals surface area contributed by atoms with Crippen molar-refractivity contribution in [3.8, 4) is 0 Å². The first-order valence-corrected chi connectivity index (χ1v) is 7.07. The standard InChI is InChI=1S/C8H14ClN2O5P/c1-8(2)6(12)10(7(13)11(8)9)4-3-5-17(14,15)16/h3-5H2,1-2H3,(H2,14,15,16). The monoisotopic (exact) mass is 284 g/mol. The van der Waals surface area contributed by atoms with Gasteiger partial charge in [0.2, 0.25) is 0 Å². The summed E-state index contributed by atoms with van der Waals surface area (Å²) in [5, 5.41) is 0. The lowest BCUT2D eigenvalue weighted by Gasteiger charge is -2.19. The van der Waals surface area contributed by atoms with Gasteiger partial charge >= 0.3 is 13.6 Å². The molecule has 0 aliphatic carbocycles. The van der Waals surface area contributed by atoms with Gasteiger partial charge in [-0.3, -0.25) is 14.3 Å². The molecule has 1 fully saturated rings. The van der Waals surface area contributed by atoms with Crippen LogP contribution in [-0.2, 0) is 9.36 Å². The van der Waals surface area contributed by atoms with E-state index in [0.717, 1.165) is 9.32 Å². The number of hydrogen-bond donors (Lipinski definition) is 2. The summed E-state index contributed by atoms with van der Waals surface area (Å²) in [6.45, 7) is 2.96. The normalized spacial score (nSPS) is 20.3. The van der Waals surface area contributed by atoms with Crippen molar-refractivity contribution in [2.75, 3.05) is 12.7 Å². The lowest BCUT2D eigenvalue weighted by Crippen LogP contribution is -2.39. The van der Waals surface area contributed by atoms with Crippen LogP contribution in [-0.4, -0.2) is 49.3 Å². The smallest absolute Gasteiger partial charge is 0.324 e. The average Bonchev–Trinajstić information content (AvgIpc) is 2.31. The van der Waals surface area contributed by atoms with Crippen LogP contribution in [0.4, 0.5) is 4.79 Å². The van der Waals surface area contributed by atoms with Crippen LogP contribution >= 0.6 is 19.4 Å². The minimum atomic E-state index is -4.11. The maximum absolute atomic E-state index is 11.8. The van der Waals surface area contributed by atoms with Gasteiger partial charge in [-0.15, -0.1) is 0 Å². The average molecular weight is 285 g/mol. The maximum Gasteiger partial charge on any atom is 0.342 e. The molecule has 0 spiro atoms. The summed E-state index contributed by atoms with van der Waals surface area (Å²) in [6, 6.07) is -0.660. The van der Waals surface area contributed by atoms with E-state index in [9.17, 15) is 14.2 Å². The zero-order valence-electron chi connectivity index (χ0n) is 9.46. The van der Waals surface area contributed by atoms with Gasteiger partial charge in [-0.2, -0.15) is 0 Å². The summed E-state index contributed by atoms with van der Waals surface area (Å²) in [6.07, 6.45) is -0.324. The van der Waals surface area contributed by atoms with Gasteiger partial charge in [0.05, 0.1) is 6.16 Å². The van der Waals surface area contributed by atoms with Crippen molar-refractivity contribution in [1.82, 2.24) is 9.32 Å². The quantitative estimate of drug-likeness (QED) is 0.451. The predicted octanol–water partition coefficient (Wildman–Crippen LogP) is 0.751. The zero-order chi connectivity index (χ0) is 13.4. The van der Waals surface area contributed by atoms with Crippen LogP contribution in [0.5, 0.6) is 0 Å². The molecule has 1 heterocycles. The summed E-state index contributed by atoms with van der Waals surface area (Å²) in [7, 11) is -4.11. The van der Waals surface area contributed by atoms with Gasteiger partial charge in [0, 0.05) is 18.3 Å². The van der Waals surface area contributed by atoms with Crippen LogP contribution in [0.2, 0.25) is 0 Å². The first-order chi connectivity index (χ1) is 7.57. The summed E-state index contributed by atoms with van der Waals surface area (Å²) in [4.78, 5) is 41.6. The van der Waals surface area contributed by atoms with E-state index >= 15 is 0 Å². The number of carbonyl (C=O) groups excluding carboxylic acids is 2. The number of amides is 3. The second-order valence-electron chi connectivity index (χ2n) is 4.32. The Morgan fingerprint density at radius 3 is 2.24 bits per heavy atom. The van der Waals surface area contributed by atoms with Crippen LogP contribution in [0.25, 0.3) is 0 Å². The number of halogens is 1. The van der Waals surface area contributed by atoms with Crippen molar-refractivity contribution in [2.24, 2.45) is 0 Å². The van der Waals surface area contributed by atoms with Gasteiger partial charge < -0.3 is 9.79 Å². The highest BCUT2D eigenvalue weighted by atomic mass is 35.5. The zero-order valence-corrected chi connectivity index (χ0v) is 11.1. The molecule has 3 amide bonds. The van der Waals surface area contributed by atoms with Crippen LogP contribution in [0.1, 0.15) is 20.3 Å². The number of urea groups is 1. The molecule has 2 N–H and O–H groups in total. The maximum atomic E-state index is 11.8. The van der Waals surface area contributed by atoms with Gasteiger partial charge in [0.15, 0.2) is 0 Å². The van der Waals surface area contributed by atoms with Crippen molar-refractivity contribution in [1.29, 1.82) is 0 Å². The van der Waals surface area contributed by atoms with Crippen molar-refractivity contribution >= 4 is 31.3 Å². The molecular weight excluding hydrogens is 271 g/mol. The number of rotatable bonds is 4. The lowest BCUT2D eigenvalue weighted by atomic mass is 10.1. The molecule has 17 heavy (non-hydrogen) atoms. The summed E-state index contributed by atoms with van der Waals surface area (Å²) in [5.74, 6) is -0.469. The molecule has 1 saturated heterocycles. The molecule has 9 heteroatoms. The van der Waals surface area contributed by atoms with Crippen molar-refractivity contribution in [3.05, 3.63) is 0 Å². The Bertz CT molecular complexity index is 393. The number of hydrogen-bond acceptors (Lipinski definition) is 3. The molecule has 98 valence electrons. The van der Waals surface area contributed by atoms with Crippen LogP contribution in [0.3, 0.4) is 0 Å². The number of nitrogens with zero attached hydrogens (tertiary/aromatic N) is 2. The molecule has 0 atom stereocenters. The largest absolute Gasteiger partial charge is 0.342 e. The lowest BCUT2D eigenvalue weighted by molar-refractivity contribution is -0.131. The SMILES string of the molecule is CC1(C)C(=O)N(CCCP(=O)(O)O)C(=O)N1Cl. The molecule has 0 saturated carbocycles. The van der Waals surface area contributed by atoms with Gasteiger partial charge in [-0.05, 0) is 20.3 Å². The third-order valence-corrected chi connectivity index (χ3v) is 3.96. The molecule has 0 unspecified atom stereocenters. The van der Waals surface area contributed by atoms with Gasteiger partial charge in [-0.1, -0.05) is 0 Å². The van der Waals surface area contributed by atoms with E-state index in [1.165, 1.54) is 13.8 Å². The molecule has 0 aromatic carbocycles. The van der Waals surface area contributed by atoms with Crippen molar-refractivity contribution in [2.45, 2.75) is 25.8 Å². The molecule has 7 nitrogen and oxygen atoms in total. The van der Waals surface area contributed by atoms with E-state index in [1.807, 2.05) is 0 Å². The number of carbonyl (C=O) groups is 2. The first kappa shape index (κ1) is 14.4. The summed E-state index contributed by atoms with van der Waals surface area (Å²) >= 11 is 5.68. The second-order valence-corrected chi connectivity index (χ2v) is 6.44. The Balaban J connectivity index is 2.65. The molecule has 0 aromatic rings. The molecule has 1 aliphatic heterocycles. The Morgan fingerprint density at radius 2 is 1.88 bits per heavy atom. The third kappa shape index (κ3) is 2.98. The van der Waals surface area contributed by atoms with E-state index in [-0.39, 0.29) is 19.1 Å². The Labute approximate surface area is 104 Å². The molecule has 0 bridgehead atoms. The minimum absolute atomic E-state index is 0.0442. The molecule has 0 aromatic heterocycles. The highest BCUT2D eigenvalue weighted by molar-refractivity contribution is 7.51.